The molecule has 0 saturated carbocycles. The van der Waals surface area contributed by atoms with Crippen LogP contribution in [0.15, 0.2) is 42.6 Å². The lowest BCUT2D eigenvalue weighted by Crippen LogP contribution is -2.40. The van der Waals surface area contributed by atoms with Gasteiger partial charge in [-0.3, -0.25) is 4.98 Å². The number of benzene rings is 1. The van der Waals surface area contributed by atoms with E-state index in [0.29, 0.717) is 31.6 Å². The quantitative estimate of drug-likeness (QED) is 0.839. The summed E-state index contributed by atoms with van der Waals surface area (Å²) in [5, 5.41) is 10.7. The van der Waals surface area contributed by atoms with Crippen molar-refractivity contribution in [2.75, 3.05) is 13.1 Å². The summed E-state index contributed by atoms with van der Waals surface area (Å²) in [5.74, 6) is -1.08. The minimum absolute atomic E-state index is 0.0522. The molecule has 1 aromatic heterocycles. The number of hydrogen-bond acceptors (Lipinski definition) is 4. The molecule has 140 valence electrons. The number of piperidine rings is 1. The van der Waals surface area contributed by atoms with Crippen LogP contribution < -0.4 is 0 Å². The number of rotatable bonds is 5. The summed E-state index contributed by atoms with van der Waals surface area (Å²) < 4.78 is 40.4. The molecule has 8 heteroatoms. The minimum atomic E-state index is -3.63. The predicted molar refractivity (Wildman–Crippen MR) is 97.5 cm³/mol. The van der Waals surface area contributed by atoms with E-state index < -0.39 is 27.7 Å². The van der Waals surface area contributed by atoms with Crippen LogP contribution in [0.4, 0.5) is 4.39 Å². The topological polar surface area (TPSA) is 70.5 Å². The third kappa shape index (κ3) is 4.40. The summed E-state index contributed by atoms with van der Waals surface area (Å²) in [6, 6.07) is 9.34. The Balaban J connectivity index is 1.63. The van der Waals surface area contributed by atoms with Gasteiger partial charge in [-0.2, -0.15) is 0 Å². The first-order valence-corrected chi connectivity index (χ1v) is 10.4. The number of aromatic nitrogens is 1. The monoisotopic (exact) mass is 398 g/mol. The van der Waals surface area contributed by atoms with E-state index in [0.717, 1.165) is 6.07 Å². The van der Waals surface area contributed by atoms with Gasteiger partial charge in [0, 0.05) is 29.9 Å². The lowest BCUT2D eigenvalue weighted by molar-refractivity contribution is 0.0726. The average molecular weight is 399 g/mol. The zero-order valence-electron chi connectivity index (χ0n) is 14.1. The molecule has 2 heterocycles. The molecule has 2 aromatic rings. The maximum Gasteiger partial charge on any atom is 0.218 e. The molecule has 0 bridgehead atoms. The van der Waals surface area contributed by atoms with Crippen molar-refractivity contribution in [2.24, 2.45) is 5.92 Å². The molecule has 1 aliphatic heterocycles. The number of hydrogen-bond donors (Lipinski definition) is 1. The number of pyridine rings is 1. The second kappa shape index (κ2) is 8.00. The Morgan fingerprint density at radius 1 is 1.27 bits per heavy atom. The average Bonchev–Trinajstić information content (AvgIpc) is 2.64. The summed E-state index contributed by atoms with van der Waals surface area (Å²) in [5.41, 5.74) is 0.696. The van der Waals surface area contributed by atoms with Gasteiger partial charge < -0.3 is 5.11 Å². The van der Waals surface area contributed by atoms with Crippen LogP contribution in [0, 0.1) is 11.7 Å². The molecule has 1 atom stereocenters. The molecule has 0 amide bonds. The molecule has 26 heavy (non-hydrogen) atoms. The van der Waals surface area contributed by atoms with Gasteiger partial charge in [-0.05, 0) is 43.0 Å². The molecular formula is C18H20ClFN2O3S. The second-order valence-electron chi connectivity index (χ2n) is 6.43. The van der Waals surface area contributed by atoms with E-state index in [4.69, 9.17) is 11.6 Å². The third-order valence-electron chi connectivity index (χ3n) is 4.68. The number of aliphatic hydroxyl groups excluding tert-OH is 1. The molecule has 1 unspecified atom stereocenters. The third-order valence-corrected chi connectivity index (χ3v) is 6.75. The van der Waals surface area contributed by atoms with Gasteiger partial charge in [0.25, 0.3) is 0 Å². The fourth-order valence-corrected chi connectivity index (χ4v) is 4.92. The Hall–Kier alpha value is -1.54. The van der Waals surface area contributed by atoms with Gasteiger partial charge in [0.2, 0.25) is 10.0 Å². The molecule has 0 radical (unpaired) electrons. The van der Waals surface area contributed by atoms with E-state index in [-0.39, 0.29) is 16.5 Å². The summed E-state index contributed by atoms with van der Waals surface area (Å²) in [6.07, 6.45) is 1.97. The molecule has 1 aliphatic rings. The normalized spacial score (nSPS) is 18.0. The highest BCUT2D eigenvalue weighted by Gasteiger charge is 2.32. The predicted octanol–water partition coefficient (Wildman–Crippen LogP) is 3.15. The minimum Gasteiger partial charge on any atom is -0.387 e. The van der Waals surface area contributed by atoms with Gasteiger partial charge in [-0.25, -0.2) is 17.1 Å². The van der Waals surface area contributed by atoms with Gasteiger partial charge >= 0.3 is 0 Å². The van der Waals surface area contributed by atoms with Crippen LogP contribution in [0.25, 0.3) is 0 Å². The maximum absolute atomic E-state index is 13.9. The Morgan fingerprint density at radius 3 is 2.62 bits per heavy atom. The fourth-order valence-electron chi connectivity index (χ4n) is 3.19. The van der Waals surface area contributed by atoms with Crippen molar-refractivity contribution in [1.82, 2.24) is 9.29 Å². The lowest BCUT2D eigenvalue weighted by atomic mass is 9.90. The highest BCUT2D eigenvalue weighted by molar-refractivity contribution is 7.88. The Labute approximate surface area is 157 Å². The molecular weight excluding hydrogens is 379 g/mol. The van der Waals surface area contributed by atoms with E-state index >= 15 is 0 Å². The molecule has 1 N–H and O–H groups in total. The van der Waals surface area contributed by atoms with Crippen LogP contribution >= 0.6 is 11.6 Å². The van der Waals surface area contributed by atoms with Crippen molar-refractivity contribution in [1.29, 1.82) is 0 Å². The van der Waals surface area contributed by atoms with Crippen molar-refractivity contribution in [2.45, 2.75) is 24.7 Å². The zero-order valence-corrected chi connectivity index (χ0v) is 15.6. The SMILES string of the molecule is O=S(=O)(Cc1ccc(Cl)cc1F)N1CCC(C(O)c2ccccn2)CC1. The summed E-state index contributed by atoms with van der Waals surface area (Å²) >= 11 is 5.70. The molecule has 1 fully saturated rings. The van der Waals surface area contributed by atoms with Crippen LogP contribution in [0.1, 0.15) is 30.2 Å². The number of nitrogens with zero attached hydrogens (tertiary/aromatic N) is 2. The van der Waals surface area contributed by atoms with Crippen LogP contribution in [0.3, 0.4) is 0 Å². The van der Waals surface area contributed by atoms with E-state index in [9.17, 15) is 17.9 Å². The molecule has 3 rings (SSSR count). The highest BCUT2D eigenvalue weighted by Crippen LogP contribution is 2.31. The first-order chi connectivity index (χ1) is 12.4. The van der Waals surface area contributed by atoms with Gasteiger partial charge in [0.05, 0.1) is 17.6 Å². The maximum atomic E-state index is 13.9. The smallest absolute Gasteiger partial charge is 0.218 e. The first-order valence-electron chi connectivity index (χ1n) is 8.37. The van der Waals surface area contributed by atoms with E-state index in [1.165, 1.54) is 16.4 Å². The standard InChI is InChI=1S/C18H20ClFN2O3S/c19-15-5-4-14(16(20)11-15)12-26(24,25)22-9-6-13(7-10-22)18(23)17-3-1-2-8-21-17/h1-5,8,11,13,18,23H,6-7,9-10,12H2. The van der Waals surface area contributed by atoms with Gasteiger partial charge in [0.1, 0.15) is 5.82 Å². The largest absolute Gasteiger partial charge is 0.387 e. The van der Waals surface area contributed by atoms with Crippen molar-refractivity contribution in [3.8, 4) is 0 Å². The lowest BCUT2D eigenvalue weighted by Gasteiger charge is -2.33. The van der Waals surface area contributed by atoms with Crippen molar-refractivity contribution < 1.29 is 17.9 Å². The summed E-state index contributed by atoms with van der Waals surface area (Å²) in [4.78, 5) is 4.16. The van der Waals surface area contributed by atoms with Crippen LogP contribution in [-0.4, -0.2) is 35.9 Å². The second-order valence-corrected chi connectivity index (χ2v) is 8.83. The Bertz CT molecular complexity index is 856. The number of aliphatic hydroxyl groups is 1. The Kier molecular flexibility index (Phi) is 5.92. The van der Waals surface area contributed by atoms with E-state index in [1.807, 2.05) is 6.07 Å². The summed E-state index contributed by atoms with van der Waals surface area (Å²) in [6.45, 7) is 0.595. The van der Waals surface area contributed by atoms with Gasteiger partial charge in [0.15, 0.2) is 0 Å². The first kappa shape index (κ1) is 19.2. The molecule has 0 aliphatic carbocycles. The number of halogens is 2. The fraction of sp³-hybridized carbons (Fsp3) is 0.389. The van der Waals surface area contributed by atoms with Crippen molar-refractivity contribution in [3.63, 3.8) is 0 Å². The molecule has 5 nitrogen and oxygen atoms in total. The van der Waals surface area contributed by atoms with E-state index in [1.54, 1.807) is 18.3 Å². The number of sulfonamides is 1. The van der Waals surface area contributed by atoms with Crippen LogP contribution in [0.5, 0.6) is 0 Å². The van der Waals surface area contributed by atoms with Crippen molar-refractivity contribution >= 4 is 21.6 Å². The Morgan fingerprint density at radius 2 is 2.00 bits per heavy atom. The molecule has 1 aromatic carbocycles. The molecule has 1 saturated heterocycles. The molecule has 0 spiro atoms. The van der Waals surface area contributed by atoms with E-state index in [2.05, 4.69) is 4.98 Å². The van der Waals surface area contributed by atoms with Crippen LogP contribution in [0.2, 0.25) is 5.02 Å². The van der Waals surface area contributed by atoms with Crippen molar-refractivity contribution in [3.05, 3.63) is 64.7 Å². The van der Waals surface area contributed by atoms with Gasteiger partial charge in [-0.15, -0.1) is 0 Å². The summed E-state index contributed by atoms with van der Waals surface area (Å²) in [7, 11) is -3.63. The van der Waals surface area contributed by atoms with Gasteiger partial charge in [-0.1, -0.05) is 23.7 Å². The highest BCUT2D eigenvalue weighted by atomic mass is 35.5. The zero-order chi connectivity index (χ0) is 18.7. The van der Waals surface area contributed by atoms with Crippen LogP contribution in [-0.2, 0) is 15.8 Å².